The third-order valence-electron chi connectivity index (χ3n) is 4.42. The fourth-order valence-electron chi connectivity index (χ4n) is 2.83. The van der Waals surface area contributed by atoms with Crippen LogP contribution < -0.4 is 11.1 Å². The first kappa shape index (κ1) is 17.8. The van der Waals surface area contributed by atoms with Gasteiger partial charge in [0.25, 0.3) is 17.7 Å². The van der Waals surface area contributed by atoms with Crippen LogP contribution in [-0.2, 0) is 6.54 Å². The van der Waals surface area contributed by atoms with Crippen LogP contribution in [0.15, 0.2) is 48.5 Å². The Balaban J connectivity index is 1.73. The number of nitrogens with zero attached hydrogens (tertiary/aromatic N) is 1. The van der Waals surface area contributed by atoms with Crippen molar-refractivity contribution in [3.8, 4) is 0 Å². The van der Waals surface area contributed by atoms with Crippen LogP contribution in [0.4, 0.5) is 0 Å². The number of carbonyl (C=O) groups excluding carboxylic acids is 3. The summed E-state index contributed by atoms with van der Waals surface area (Å²) in [7, 11) is 0. The summed E-state index contributed by atoms with van der Waals surface area (Å²) in [4.78, 5) is 38.4. The van der Waals surface area contributed by atoms with Crippen LogP contribution >= 0.6 is 0 Å². The average Bonchev–Trinajstić information content (AvgIpc) is 2.91. The SMILES string of the molecule is CC(CN)CNC(=O)c1cccc(CN2C(=O)c3ccccc3C2=O)c1. The largest absolute Gasteiger partial charge is 0.352 e. The van der Waals surface area contributed by atoms with Crippen LogP contribution in [0.25, 0.3) is 0 Å². The van der Waals surface area contributed by atoms with E-state index in [1.165, 1.54) is 4.90 Å². The van der Waals surface area contributed by atoms with Gasteiger partial charge in [0.2, 0.25) is 0 Å². The second-order valence-electron chi connectivity index (χ2n) is 6.49. The molecule has 3 amide bonds. The van der Waals surface area contributed by atoms with E-state index < -0.39 is 0 Å². The summed E-state index contributed by atoms with van der Waals surface area (Å²) in [6, 6.07) is 13.7. The number of nitrogens with one attached hydrogen (secondary N) is 1. The minimum Gasteiger partial charge on any atom is -0.352 e. The number of fused-ring (bicyclic) bond motifs is 1. The molecule has 0 radical (unpaired) electrons. The molecule has 6 heteroatoms. The molecular weight excluding hydrogens is 330 g/mol. The van der Waals surface area contributed by atoms with Crippen LogP contribution in [0.2, 0.25) is 0 Å². The summed E-state index contributed by atoms with van der Waals surface area (Å²) in [5.74, 6) is -0.621. The number of imide groups is 1. The zero-order valence-electron chi connectivity index (χ0n) is 14.6. The summed E-state index contributed by atoms with van der Waals surface area (Å²) < 4.78 is 0. The van der Waals surface area contributed by atoms with Gasteiger partial charge < -0.3 is 11.1 Å². The summed E-state index contributed by atoms with van der Waals surface area (Å²) in [6.45, 7) is 3.09. The quantitative estimate of drug-likeness (QED) is 0.776. The Kier molecular flexibility index (Phi) is 5.14. The Morgan fingerprint density at radius 2 is 1.73 bits per heavy atom. The standard InChI is InChI=1S/C20H21N3O3/c1-13(10-21)11-22-18(24)15-6-4-5-14(9-15)12-23-19(25)16-7-2-3-8-17(16)20(23)26/h2-9,13H,10-12,21H2,1H3,(H,22,24). The van der Waals surface area contributed by atoms with Gasteiger partial charge in [-0.25, -0.2) is 0 Å². The lowest BCUT2D eigenvalue weighted by atomic mass is 10.1. The van der Waals surface area contributed by atoms with Crippen LogP contribution in [0.5, 0.6) is 0 Å². The molecule has 0 spiro atoms. The molecule has 3 rings (SSSR count). The van der Waals surface area contributed by atoms with Crippen molar-refractivity contribution in [1.82, 2.24) is 10.2 Å². The average molecular weight is 351 g/mol. The number of amides is 3. The van der Waals surface area contributed by atoms with E-state index in [0.717, 1.165) is 5.56 Å². The highest BCUT2D eigenvalue weighted by molar-refractivity contribution is 6.21. The van der Waals surface area contributed by atoms with Crippen molar-refractivity contribution in [3.05, 3.63) is 70.8 Å². The lowest BCUT2D eigenvalue weighted by Crippen LogP contribution is -2.31. The fourth-order valence-corrected chi connectivity index (χ4v) is 2.83. The van der Waals surface area contributed by atoms with E-state index in [4.69, 9.17) is 5.73 Å². The zero-order chi connectivity index (χ0) is 18.7. The van der Waals surface area contributed by atoms with E-state index in [-0.39, 0.29) is 30.2 Å². The molecule has 0 saturated heterocycles. The van der Waals surface area contributed by atoms with Crippen molar-refractivity contribution >= 4 is 17.7 Å². The molecule has 1 unspecified atom stereocenters. The van der Waals surface area contributed by atoms with Crippen molar-refractivity contribution in [3.63, 3.8) is 0 Å². The normalized spacial score (nSPS) is 14.3. The number of carbonyl (C=O) groups is 3. The molecule has 0 bridgehead atoms. The van der Waals surface area contributed by atoms with Crippen LogP contribution in [-0.4, -0.2) is 35.7 Å². The van der Waals surface area contributed by atoms with Gasteiger partial charge in [0.05, 0.1) is 17.7 Å². The van der Waals surface area contributed by atoms with E-state index in [1.807, 2.05) is 6.92 Å². The van der Waals surface area contributed by atoms with Crippen LogP contribution in [0, 0.1) is 5.92 Å². The van der Waals surface area contributed by atoms with Gasteiger partial charge in [-0.3, -0.25) is 19.3 Å². The molecule has 0 aliphatic carbocycles. The molecule has 0 fully saturated rings. The maximum atomic E-state index is 12.5. The minimum atomic E-state index is -0.308. The Hall–Kier alpha value is -2.99. The zero-order valence-corrected chi connectivity index (χ0v) is 14.6. The summed E-state index contributed by atoms with van der Waals surface area (Å²) in [6.07, 6.45) is 0. The van der Waals surface area contributed by atoms with Crippen LogP contribution in [0.3, 0.4) is 0 Å². The summed E-state index contributed by atoms with van der Waals surface area (Å²) in [5.41, 5.74) is 7.60. The first-order chi connectivity index (χ1) is 12.5. The van der Waals surface area contributed by atoms with Gasteiger partial charge in [-0.1, -0.05) is 31.2 Å². The molecule has 3 N–H and O–H groups in total. The Morgan fingerprint density at radius 3 is 2.35 bits per heavy atom. The van der Waals surface area contributed by atoms with E-state index in [1.54, 1.807) is 48.5 Å². The lowest BCUT2D eigenvalue weighted by molar-refractivity contribution is 0.0642. The van der Waals surface area contributed by atoms with Crippen molar-refractivity contribution in [2.24, 2.45) is 11.7 Å². The highest BCUT2D eigenvalue weighted by Gasteiger charge is 2.34. The van der Waals surface area contributed by atoms with E-state index in [0.29, 0.717) is 29.8 Å². The second kappa shape index (κ2) is 7.49. The van der Waals surface area contributed by atoms with Gasteiger partial charge in [-0.2, -0.15) is 0 Å². The first-order valence-corrected chi connectivity index (χ1v) is 8.53. The molecule has 26 heavy (non-hydrogen) atoms. The Morgan fingerprint density at radius 1 is 1.08 bits per heavy atom. The molecule has 0 aromatic heterocycles. The molecule has 1 aliphatic heterocycles. The van der Waals surface area contributed by atoms with Crippen LogP contribution in [0.1, 0.15) is 43.6 Å². The predicted molar refractivity (Wildman–Crippen MR) is 97.6 cm³/mol. The number of hydrogen-bond donors (Lipinski definition) is 2. The smallest absolute Gasteiger partial charge is 0.261 e. The van der Waals surface area contributed by atoms with E-state index in [2.05, 4.69) is 5.32 Å². The van der Waals surface area contributed by atoms with Crippen molar-refractivity contribution in [1.29, 1.82) is 0 Å². The topological polar surface area (TPSA) is 92.5 Å². The molecule has 1 aliphatic rings. The number of rotatable bonds is 6. The maximum absolute atomic E-state index is 12.5. The van der Waals surface area contributed by atoms with Gasteiger partial charge in [-0.15, -0.1) is 0 Å². The molecular formula is C20H21N3O3. The molecule has 0 saturated carbocycles. The second-order valence-corrected chi connectivity index (χ2v) is 6.49. The Bertz CT molecular complexity index is 828. The molecule has 2 aromatic carbocycles. The van der Waals surface area contributed by atoms with E-state index in [9.17, 15) is 14.4 Å². The molecule has 2 aromatic rings. The first-order valence-electron chi connectivity index (χ1n) is 8.53. The lowest BCUT2D eigenvalue weighted by Gasteiger charge is -2.15. The fraction of sp³-hybridized carbons (Fsp3) is 0.250. The maximum Gasteiger partial charge on any atom is 0.261 e. The molecule has 1 atom stereocenters. The van der Waals surface area contributed by atoms with E-state index >= 15 is 0 Å². The van der Waals surface area contributed by atoms with Crippen molar-refractivity contribution < 1.29 is 14.4 Å². The van der Waals surface area contributed by atoms with Gasteiger partial charge in [-0.05, 0) is 42.3 Å². The predicted octanol–water partition coefficient (Wildman–Crippen LogP) is 1.81. The summed E-state index contributed by atoms with van der Waals surface area (Å²) >= 11 is 0. The van der Waals surface area contributed by atoms with Gasteiger partial charge in [0.15, 0.2) is 0 Å². The highest BCUT2D eigenvalue weighted by Crippen LogP contribution is 2.24. The highest BCUT2D eigenvalue weighted by atomic mass is 16.2. The van der Waals surface area contributed by atoms with Crippen molar-refractivity contribution in [2.75, 3.05) is 13.1 Å². The van der Waals surface area contributed by atoms with Gasteiger partial charge >= 0.3 is 0 Å². The molecule has 1 heterocycles. The third-order valence-corrected chi connectivity index (χ3v) is 4.42. The minimum absolute atomic E-state index is 0.132. The Labute approximate surface area is 152 Å². The summed E-state index contributed by atoms with van der Waals surface area (Å²) in [5, 5.41) is 2.84. The molecule has 6 nitrogen and oxygen atoms in total. The number of nitrogens with two attached hydrogens (primary N) is 1. The third kappa shape index (κ3) is 3.50. The van der Waals surface area contributed by atoms with Gasteiger partial charge in [0.1, 0.15) is 0 Å². The number of hydrogen-bond acceptors (Lipinski definition) is 4. The monoisotopic (exact) mass is 351 g/mol. The van der Waals surface area contributed by atoms with Crippen molar-refractivity contribution in [2.45, 2.75) is 13.5 Å². The van der Waals surface area contributed by atoms with Gasteiger partial charge in [0, 0.05) is 12.1 Å². The number of benzene rings is 2. The molecule has 134 valence electrons.